The van der Waals surface area contributed by atoms with Crippen LogP contribution in [0.3, 0.4) is 0 Å². The predicted molar refractivity (Wildman–Crippen MR) is 94.4 cm³/mol. The highest BCUT2D eigenvalue weighted by Gasteiger charge is 2.30. The van der Waals surface area contributed by atoms with E-state index in [1.807, 2.05) is 18.2 Å². The summed E-state index contributed by atoms with van der Waals surface area (Å²) in [5, 5.41) is 3.13. The molecule has 2 heterocycles. The van der Waals surface area contributed by atoms with Crippen LogP contribution in [0.1, 0.15) is 19.3 Å². The number of amides is 1. The van der Waals surface area contributed by atoms with E-state index in [4.69, 9.17) is 10.5 Å². The molecule has 3 N–H and O–H groups in total. The van der Waals surface area contributed by atoms with E-state index in [1.165, 1.54) is 5.69 Å². The Labute approximate surface area is 145 Å². The maximum Gasteiger partial charge on any atom is 0.237 e. The first-order chi connectivity index (χ1) is 11.1. The molecule has 23 heavy (non-hydrogen) atoms. The van der Waals surface area contributed by atoms with Crippen molar-refractivity contribution in [2.75, 3.05) is 31.2 Å². The number of carbonyl (C=O) groups is 1. The number of nitrogens with two attached hydrogens (primary N) is 1. The monoisotopic (exact) mass is 381 g/mol. The molecular weight excluding hydrogens is 358 g/mol. The van der Waals surface area contributed by atoms with Crippen molar-refractivity contribution in [2.24, 2.45) is 11.7 Å². The number of ether oxygens (including phenoxy) is 1. The number of nitrogens with zero attached hydrogens (tertiary/aromatic N) is 1. The quantitative estimate of drug-likeness (QED) is 0.835. The molecule has 0 bridgehead atoms. The second kappa shape index (κ2) is 7.64. The van der Waals surface area contributed by atoms with Crippen LogP contribution in [0.15, 0.2) is 28.7 Å². The van der Waals surface area contributed by atoms with Crippen LogP contribution in [0.25, 0.3) is 0 Å². The number of hydrogen-bond acceptors (Lipinski definition) is 4. The third-order valence-corrected chi connectivity index (χ3v) is 5.47. The summed E-state index contributed by atoms with van der Waals surface area (Å²) >= 11 is 3.59. The molecule has 5 nitrogen and oxygen atoms in total. The molecule has 0 aliphatic carbocycles. The highest BCUT2D eigenvalue weighted by Crippen LogP contribution is 2.28. The molecule has 2 atom stereocenters. The predicted octanol–water partition coefficient (Wildman–Crippen LogP) is 1.90. The lowest BCUT2D eigenvalue weighted by Gasteiger charge is -2.28. The zero-order valence-electron chi connectivity index (χ0n) is 13.2. The molecule has 1 amide bonds. The van der Waals surface area contributed by atoms with Crippen LogP contribution in [0, 0.1) is 5.92 Å². The van der Waals surface area contributed by atoms with Crippen LogP contribution in [0.2, 0.25) is 0 Å². The summed E-state index contributed by atoms with van der Waals surface area (Å²) in [6, 6.07) is 7.93. The van der Waals surface area contributed by atoms with E-state index in [9.17, 15) is 4.79 Å². The summed E-state index contributed by atoms with van der Waals surface area (Å²) in [4.78, 5) is 14.7. The number of hydrogen-bond donors (Lipinski definition) is 2. The van der Waals surface area contributed by atoms with E-state index in [0.29, 0.717) is 13.2 Å². The van der Waals surface area contributed by atoms with Gasteiger partial charge in [-0.3, -0.25) is 4.79 Å². The second-order valence-electron chi connectivity index (χ2n) is 6.37. The molecule has 126 valence electrons. The molecular formula is C17H24BrN3O2. The van der Waals surface area contributed by atoms with Gasteiger partial charge in [-0.05, 0) is 53.2 Å². The Balaban J connectivity index is 1.53. The van der Waals surface area contributed by atoms with Crippen LogP contribution in [-0.4, -0.2) is 44.3 Å². The fraction of sp³-hybridized carbons (Fsp3) is 0.588. The lowest BCUT2D eigenvalue weighted by atomic mass is 9.91. The first-order valence-corrected chi connectivity index (χ1v) is 9.07. The lowest BCUT2D eigenvalue weighted by Crippen LogP contribution is -2.50. The Morgan fingerprint density at radius 2 is 2.04 bits per heavy atom. The van der Waals surface area contributed by atoms with Crippen molar-refractivity contribution >= 4 is 27.5 Å². The van der Waals surface area contributed by atoms with Gasteiger partial charge in [0, 0.05) is 36.8 Å². The number of nitrogens with one attached hydrogen (secondary N) is 1. The van der Waals surface area contributed by atoms with E-state index < -0.39 is 6.04 Å². The van der Waals surface area contributed by atoms with Crippen molar-refractivity contribution < 1.29 is 9.53 Å². The molecule has 2 aliphatic rings. The van der Waals surface area contributed by atoms with Gasteiger partial charge in [0.2, 0.25) is 5.91 Å². The smallest absolute Gasteiger partial charge is 0.237 e. The van der Waals surface area contributed by atoms with Crippen molar-refractivity contribution in [3.05, 3.63) is 28.7 Å². The molecule has 6 heteroatoms. The van der Waals surface area contributed by atoms with Crippen molar-refractivity contribution in [1.82, 2.24) is 5.32 Å². The summed E-state index contributed by atoms with van der Waals surface area (Å²) in [6.07, 6.45) is 2.71. The number of halogens is 1. The van der Waals surface area contributed by atoms with Crippen molar-refractivity contribution in [2.45, 2.75) is 31.3 Å². The Morgan fingerprint density at radius 1 is 1.30 bits per heavy atom. The number of benzene rings is 1. The van der Waals surface area contributed by atoms with E-state index in [0.717, 1.165) is 36.8 Å². The van der Waals surface area contributed by atoms with Gasteiger partial charge in [0.05, 0.1) is 11.7 Å². The number of carbonyl (C=O) groups excluding carboxylic acids is 1. The molecule has 0 aromatic heterocycles. The minimum atomic E-state index is -0.420. The average Bonchev–Trinajstić information content (AvgIpc) is 3.03. The fourth-order valence-electron chi connectivity index (χ4n) is 3.39. The SMILES string of the molecule is NC(C(=O)NC1CCN(c2ccccc2Br)C1)C1CCOCC1. The zero-order valence-corrected chi connectivity index (χ0v) is 14.8. The summed E-state index contributed by atoms with van der Waals surface area (Å²) in [7, 11) is 0. The van der Waals surface area contributed by atoms with Crippen molar-refractivity contribution in [3.63, 3.8) is 0 Å². The van der Waals surface area contributed by atoms with Crippen molar-refractivity contribution in [3.8, 4) is 0 Å². The van der Waals surface area contributed by atoms with Gasteiger partial charge in [-0.15, -0.1) is 0 Å². The van der Waals surface area contributed by atoms with Crippen LogP contribution in [0.5, 0.6) is 0 Å². The molecule has 2 unspecified atom stereocenters. The van der Waals surface area contributed by atoms with Crippen LogP contribution in [0.4, 0.5) is 5.69 Å². The molecule has 0 radical (unpaired) electrons. The first kappa shape index (κ1) is 16.7. The van der Waals surface area contributed by atoms with Gasteiger partial charge in [0.25, 0.3) is 0 Å². The van der Waals surface area contributed by atoms with Gasteiger partial charge in [0.1, 0.15) is 0 Å². The largest absolute Gasteiger partial charge is 0.381 e. The third-order valence-electron chi connectivity index (χ3n) is 4.80. The topological polar surface area (TPSA) is 67.6 Å². The molecule has 3 rings (SSSR count). The van der Waals surface area contributed by atoms with E-state index in [-0.39, 0.29) is 17.9 Å². The standard InChI is InChI=1S/C17H24BrN3O2/c18-14-3-1-2-4-15(14)21-8-5-13(11-21)20-17(22)16(19)12-6-9-23-10-7-12/h1-4,12-13,16H,5-11,19H2,(H,20,22). The van der Waals surface area contributed by atoms with Gasteiger partial charge in [-0.2, -0.15) is 0 Å². The van der Waals surface area contributed by atoms with E-state index in [1.54, 1.807) is 0 Å². The molecule has 1 aromatic carbocycles. The Hall–Kier alpha value is -1.11. The maximum atomic E-state index is 12.4. The van der Waals surface area contributed by atoms with Crippen LogP contribution >= 0.6 is 15.9 Å². The molecule has 2 fully saturated rings. The van der Waals surface area contributed by atoms with Gasteiger partial charge < -0.3 is 20.7 Å². The summed E-state index contributed by atoms with van der Waals surface area (Å²) < 4.78 is 6.43. The normalized spacial score (nSPS) is 23.7. The fourth-order valence-corrected chi connectivity index (χ4v) is 3.93. The summed E-state index contributed by atoms with van der Waals surface area (Å²) in [6.45, 7) is 3.20. The molecule has 2 aliphatic heterocycles. The van der Waals surface area contributed by atoms with Crippen molar-refractivity contribution in [1.29, 1.82) is 0 Å². The molecule has 1 aromatic rings. The third kappa shape index (κ3) is 4.05. The Kier molecular flexibility index (Phi) is 5.56. The van der Waals surface area contributed by atoms with Gasteiger partial charge in [0.15, 0.2) is 0 Å². The highest BCUT2D eigenvalue weighted by atomic mass is 79.9. The Morgan fingerprint density at radius 3 is 2.78 bits per heavy atom. The zero-order chi connectivity index (χ0) is 16.2. The molecule has 2 saturated heterocycles. The highest BCUT2D eigenvalue weighted by molar-refractivity contribution is 9.10. The summed E-state index contributed by atoms with van der Waals surface area (Å²) in [5.74, 6) is 0.223. The van der Waals surface area contributed by atoms with E-state index >= 15 is 0 Å². The number of anilines is 1. The number of para-hydroxylation sites is 1. The molecule has 0 saturated carbocycles. The lowest BCUT2D eigenvalue weighted by molar-refractivity contribution is -0.124. The minimum Gasteiger partial charge on any atom is -0.381 e. The summed E-state index contributed by atoms with van der Waals surface area (Å²) in [5.41, 5.74) is 7.33. The molecule has 0 spiro atoms. The van der Waals surface area contributed by atoms with Crippen LogP contribution < -0.4 is 16.0 Å². The second-order valence-corrected chi connectivity index (χ2v) is 7.22. The maximum absolute atomic E-state index is 12.4. The van der Waals surface area contributed by atoms with E-state index in [2.05, 4.69) is 32.2 Å². The van der Waals surface area contributed by atoms with Gasteiger partial charge in [-0.25, -0.2) is 0 Å². The average molecular weight is 382 g/mol. The van der Waals surface area contributed by atoms with Gasteiger partial charge in [-0.1, -0.05) is 12.1 Å². The van der Waals surface area contributed by atoms with Crippen LogP contribution in [-0.2, 0) is 9.53 Å². The first-order valence-electron chi connectivity index (χ1n) is 8.28. The minimum absolute atomic E-state index is 0.0177. The van der Waals surface area contributed by atoms with Gasteiger partial charge >= 0.3 is 0 Å². The number of rotatable bonds is 4. The Bertz CT molecular complexity index is 548.